The van der Waals surface area contributed by atoms with Crippen molar-refractivity contribution in [3.05, 3.63) is 66.7 Å². The number of nitrogens with one attached hydrogen (secondary N) is 2. The highest BCUT2D eigenvalue weighted by Crippen LogP contribution is 2.19. The van der Waals surface area contributed by atoms with E-state index in [1.54, 1.807) is 12.1 Å². The van der Waals surface area contributed by atoms with Crippen LogP contribution >= 0.6 is 0 Å². The van der Waals surface area contributed by atoms with Crippen LogP contribution in [0.3, 0.4) is 0 Å². The predicted octanol–water partition coefficient (Wildman–Crippen LogP) is 2.31. The molecule has 3 aromatic rings. The summed E-state index contributed by atoms with van der Waals surface area (Å²) >= 11 is 0. The zero-order valence-electron chi connectivity index (χ0n) is 16.1. The quantitative estimate of drug-likeness (QED) is 0.533. The number of amides is 1. The van der Waals surface area contributed by atoms with Gasteiger partial charge in [-0.3, -0.25) is 9.59 Å². The van der Waals surface area contributed by atoms with Crippen LogP contribution in [0.15, 0.2) is 71.6 Å². The van der Waals surface area contributed by atoms with Crippen LogP contribution in [0.25, 0.3) is 10.8 Å². The number of esters is 1. The summed E-state index contributed by atoms with van der Waals surface area (Å²) in [5.74, 6) is -0.900. The molecule has 30 heavy (non-hydrogen) atoms. The maximum Gasteiger partial charge on any atom is 0.321 e. The van der Waals surface area contributed by atoms with Crippen molar-refractivity contribution in [2.75, 3.05) is 25.6 Å². The summed E-state index contributed by atoms with van der Waals surface area (Å²) in [5, 5.41) is 4.62. The number of hydrogen-bond donors (Lipinski definition) is 2. The third-order valence-corrected chi connectivity index (χ3v) is 5.59. The van der Waals surface area contributed by atoms with Crippen LogP contribution in [-0.4, -0.2) is 40.6 Å². The van der Waals surface area contributed by atoms with Crippen molar-refractivity contribution in [2.24, 2.45) is 0 Å². The molecular weight excluding hydrogens is 408 g/mol. The molecule has 0 radical (unpaired) electrons. The number of hydrogen-bond acceptors (Lipinski definition) is 6. The fraction of sp³-hybridized carbons (Fsp3) is 0.143. The first kappa shape index (κ1) is 21.3. The highest BCUT2D eigenvalue weighted by Gasteiger charge is 2.17. The minimum atomic E-state index is -3.90. The van der Waals surface area contributed by atoms with E-state index in [4.69, 9.17) is 9.47 Å². The van der Waals surface area contributed by atoms with Crippen molar-refractivity contribution < 1.29 is 27.5 Å². The lowest BCUT2D eigenvalue weighted by atomic mass is 10.1. The molecule has 0 fully saturated rings. The molecule has 0 atom stereocenters. The Hall–Kier alpha value is -3.43. The monoisotopic (exact) mass is 428 g/mol. The Bertz CT molecular complexity index is 1160. The predicted molar refractivity (Wildman–Crippen MR) is 112 cm³/mol. The molecule has 3 rings (SSSR count). The SMILES string of the molecule is COc1ccc(S(=O)(=O)NCC(=O)OCC(=O)Nc2ccc3ccccc3c2)cc1. The van der Waals surface area contributed by atoms with Gasteiger partial charge in [0.2, 0.25) is 10.0 Å². The lowest BCUT2D eigenvalue weighted by Crippen LogP contribution is -2.32. The normalized spacial score (nSPS) is 11.1. The molecule has 0 heterocycles. The number of methoxy groups -OCH3 is 1. The average molecular weight is 428 g/mol. The number of fused-ring (bicyclic) bond motifs is 1. The number of rotatable bonds is 8. The van der Waals surface area contributed by atoms with Crippen LogP contribution in [0.4, 0.5) is 5.69 Å². The largest absolute Gasteiger partial charge is 0.497 e. The molecule has 2 N–H and O–H groups in total. The van der Waals surface area contributed by atoms with E-state index in [0.717, 1.165) is 10.8 Å². The fourth-order valence-electron chi connectivity index (χ4n) is 2.65. The number of anilines is 1. The Morgan fingerprint density at radius 2 is 1.63 bits per heavy atom. The van der Waals surface area contributed by atoms with Crippen LogP contribution in [0.1, 0.15) is 0 Å². The lowest BCUT2D eigenvalue weighted by molar-refractivity contribution is -0.146. The first-order valence-corrected chi connectivity index (χ1v) is 10.4. The average Bonchev–Trinajstić information content (AvgIpc) is 2.76. The molecule has 0 bridgehead atoms. The van der Waals surface area contributed by atoms with Gasteiger partial charge in [-0.1, -0.05) is 30.3 Å². The summed E-state index contributed by atoms with van der Waals surface area (Å²) < 4.78 is 36.3. The number of sulfonamides is 1. The third kappa shape index (κ3) is 5.56. The molecule has 0 spiro atoms. The Morgan fingerprint density at radius 3 is 2.33 bits per heavy atom. The number of benzene rings is 3. The minimum Gasteiger partial charge on any atom is -0.497 e. The minimum absolute atomic E-state index is 0.0230. The van der Waals surface area contributed by atoms with Gasteiger partial charge >= 0.3 is 5.97 Å². The van der Waals surface area contributed by atoms with Crippen molar-refractivity contribution >= 4 is 38.4 Å². The Morgan fingerprint density at radius 1 is 0.933 bits per heavy atom. The summed E-state index contributed by atoms with van der Waals surface area (Å²) in [6.07, 6.45) is 0. The van der Waals surface area contributed by atoms with E-state index < -0.39 is 35.1 Å². The molecule has 156 valence electrons. The van der Waals surface area contributed by atoms with Crippen molar-refractivity contribution in [3.8, 4) is 5.75 Å². The van der Waals surface area contributed by atoms with Crippen LogP contribution < -0.4 is 14.8 Å². The van der Waals surface area contributed by atoms with Crippen LogP contribution in [-0.2, 0) is 24.3 Å². The number of carbonyl (C=O) groups is 2. The van der Waals surface area contributed by atoms with Gasteiger partial charge in [0.1, 0.15) is 12.3 Å². The highest BCUT2D eigenvalue weighted by molar-refractivity contribution is 7.89. The van der Waals surface area contributed by atoms with Crippen molar-refractivity contribution in [3.63, 3.8) is 0 Å². The summed E-state index contributed by atoms with van der Waals surface area (Å²) in [4.78, 5) is 23.8. The number of carbonyl (C=O) groups excluding carboxylic acids is 2. The van der Waals surface area contributed by atoms with E-state index in [-0.39, 0.29) is 4.90 Å². The standard InChI is InChI=1S/C21H20N2O6S/c1-28-18-8-10-19(11-9-18)30(26,27)22-13-21(25)29-14-20(24)23-17-7-6-15-4-2-3-5-16(15)12-17/h2-12,22H,13-14H2,1H3,(H,23,24). The second kappa shape index (κ2) is 9.38. The van der Waals surface area contributed by atoms with E-state index in [9.17, 15) is 18.0 Å². The van der Waals surface area contributed by atoms with E-state index >= 15 is 0 Å². The molecule has 0 saturated heterocycles. The van der Waals surface area contributed by atoms with Gasteiger partial charge in [-0.25, -0.2) is 8.42 Å². The molecule has 0 aliphatic heterocycles. The van der Waals surface area contributed by atoms with Gasteiger partial charge in [-0.05, 0) is 47.2 Å². The first-order valence-electron chi connectivity index (χ1n) is 8.95. The molecule has 0 aromatic heterocycles. The second-order valence-corrected chi connectivity index (χ2v) is 8.04. The zero-order chi connectivity index (χ0) is 21.6. The molecule has 3 aromatic carbocycles. The fourth-order valence-corrected chi connectivity index (χ4v) is 3.62. The molecule has 9 heteroatoms. The molecule has 8 nitrogen and oxygen atoms in total. The maximum atomic E-state index is 12.2. The van der Waals surface area contributed by atoms with Crippen molar-refractivity contribution in [1.29, 1.82) is 0 Å². The molecular formula is C21H20N2O6S. The first-order chi connectivity index (χ1) is 14.4. The van der Waals surface area contributed by atoms with Gasteiger partial charge in [0.15, 0.2) is 6.61 Å². The highest BCUT2D eigenvalue weighted by atomic mass is 32.2. The van der Waals surface area contributed by atoms with Crippen LogP contribution in [0.2, 0.25) is 0 Å². The van der Waals surface area contributed by atoms with Gasteiger partial charge in [0.05, 0.1) is 12.0 Å². The van der Waals surface area contributed by atoms with Gasteiger partial charge in [-0.2, -0.15) is 4.72 Å². The summed E-state index contributed by atoms with van der Waals surface area (Å²) in [7, 11) is -2.43. The molecule has 0 saturated carbocycles. The van der Waals surface area contributed by atoms with Gasteiger partial charge in [0.25, 0.3) is 5.91 Å². The van der Waals surface area contributed by atoms with E-state index in [1.807, 2.05) is 30.3 Å². The van der Waals surface area contributed by atoms with E-state index in [2.05, 4.69) is 10.0 Å². The van der Waals surface area contributed by atoms with Gasteiger partial charge in [-0.15, -0.1) is 0 Å². The van der Waals surface area contributed by atoms with Gasteiger partial charge in [0, 0.05) is 5.69 Å². The molecule has 0 unspecified atom stereocenters. The van der Waals surface area contributed by atoms with E-state index in [1.165, 1.54) is 31.4 Å². The summed E-state index contributed by atoms with van der Waals surface area (Å²) in [5.41, 5.74) is 0.565. The Balaban J connectivity index is 1.47. The molecule has 0 aliphatic rings. The lowest BCUT2D eigenvalue weighted by Gasteiger charge is -2.09. The Labute approximate surface area is 173 Å². The summed E-state index contributed by atoms with van der Waals surface area (Å²) in [6.45, 7) is -1.13. The van der Waals surface area contributed by atoms with E-state index in [0.29, 0.717) is 11.4 Å². The Kier molecular flexibility index (Phi) is 6.65. The van der Waals surface area contributed by atoms with Crippen molar-refractivity contribution in [1.82, 2.24) is 4.72 Å². The second-order valence-electron chi connectivity index (χ2n) is 6.27. The van der Waals surface area contributed by atoms with Crippen LogP contribution in [0, 0.1) is 0 Å². The van der Waals surface area contributed by atoms with Crippen LogP contribution in [0.5, 0.6) is 5.75 Å². The number of ether oxygens (including phenoxy) is 2. The van der Waals surface area contributed by atoms with Crippen molar-refractivity contribution in [2.45, 2.75) is 4.90 Å². The van der Waals surface area contributed by atoms with Gasteiger partial charge < -0.3 is 14.8 Å². The topological polar surface area (TPSA) is 111 Å². The zero-order valence-corrected chi connectivity index (χ0v) is 16.9. The summed E-state index contributed by atoms with van der Waals surface area (Å²) in [6, 6.07) is 18.8. The molecule has 1 amide bonds. The third-order valence-electron chi connectivity index (χ3n) is 4.17. The smallest absolute Gasteiger partial charge is 0.321 e. The molecule has 0 aliphatic carbocycles. The maximum absolute atomic E-state index is 12.2.